The van der Waals surface area contributed by atoms with E-state index in [4.69, 9.17) is 18.9 Å². The van der Waals surface area contributed by atoms with Crippen LogP contribution in [0.25, 0.3) is 0 Å². The summed E-state index contributed by atoms with van der Waals surface area (Å²) in [7, 11) is 1.62. The number of esters is 1. The van der Waals surface area contributed by atoms with Gasteiger partial charge in [-0.25, -0.2) is 0 Å². The van der Waals surface area contributed by atoms with Crippen molar-refractivity contribution in [3.63, 3.8) is 0 Å². The molecule has 3 aromatic rings. The number of nitrogens with one attached hydrogen (secondary N) is 1. The highest BCUT2D eigenvalue weighted by molar-refractivity contribution is 5.93. The molecule has 0 aromatic heterocycles. The molecule has 1 fully saturated rings. The van der Waals surface area contributed by atoms with Crippen LogP contribution in [0.5, 0.6) is 17.2 Å². The molecule has 1 saturated heterocycles. The SMILES string of the molecule is CCOC(=O)[C@@H]1[C@@H](c2ccc3c(c2)OCO3)CN(CC(=O)Nc2cccc(C)c2C)[C@H]1c1ccc(OC)cc1. The number of amides is 1. The number of hydrogen-bond donors (Lipinski definition) is 1. The molecule has 0 spiro atoms. The van der Waals surface area contributed by atoms with Crippen LogP contribution in [0.2, 0.25) is 0 Å². The molecular weight excluding hydrogens is 496 g/mol. The number of carbonyl (C=O) groups is 2. The fraction of sp³-hybridized carbons (Fsp3) is 0.355. The average Bonchev–Trinajstić information content (AvgIpc) is 3.56. The van der Waals surface area contributed by atoms with Crippen molar-refractivity contribution in [2.75, 3.05) is 38.9 Å². The Balaban J connectivity index is 1.51. The van der Waals surface area contributed by atoms with Gasteiger partial charge in [-0.2, -0.15) is 0 Å². The minimum absolute atomic E-state index is 0.112. The Labute approximate surface area is 228 Å². The van der Waals surface area contributed by atoms with E-state index < -0.39 is 5.92 Å². The Hall–Kier alpha value is -4.04. The molecule has 8 heteroatoms. The number of aryl methyl sites for hydroxylation is 1. The smallest absolute Gasteiger partial charge is 0.311 e. The van der Waals surface area contributed by atoms with Crippen molar-refractivity contribution in [2.45, 2.75) is 32.7 Å². The number of carbonyl (C=O) groups excluding carboxylic acids is 2. The number of benzene rings is 3. The molecule has 0 bridgehead atoms. The fourth-order valence-corrected chi connectivity index (χ4v) is 5.56. The third-order valence-corrected chi connectivity index (χ3v) is 7.66. The van der Waals surface area contributed by atoms with Gasteiger partial charge in [0.1, 0.15) is 5.75 Å². The molecule has 2 aliphatic heterocycles. The molecule has 1 amide bonds. The number of ether oxygens (including phenoxy) is 4. The van der Waals surface area contributed by atoms with Gasteiger partial charge in [0.05, 0.1) is 26.2 Å². The van der Waals surface area contributed by atoms with Crippen molar-refractivity contribution in [2.24, 2.45) is 5.92 Å². The van der Waals surface area contributed by atoms with Crippen LogP contribution >= 0.6 is 0 Å². The van der Waals surface area contributed by atoms with Gasteiger partial charge in [0.2, 0.25) is 12.7 Å². The van der Waals surface area contributed by atoms with E-state index in [2.05, 4.69) is 10.2 Å². The zero-order valence-electron chi connectivity index (χ0n) is 22.7. The van der Waals surface area contributed by atoms with Gasteiger partial charge in [0.25, 0.3) is 0 Å². The van der Waals surface area contributed by atoms with E-state index in [1.165, 1.54) is 0 Å². The summed E-state index contributed by atoms with van der Waals surface area (Å²) in [6, 6.07) is 18.9. The van der Waals surface area contributed by atoms with Crippen LogP contribution in [0.1, 0.15) is 41.1 Å². The molecule has 1 N–H and O–H groups in total. The van der Waals surface area contributed by atoms with E-state index in [0.29, 0.717) is 18.0 Å². The molecule has 2 aliphatic rings. The summed E-state index contributed by atoms with van der Waals surface area (Å²) in [5.74, 6) is 0.861. The van der Waals surface area contributed by atoms with Crippen molar-refractivity contribution >= 4 is 17.6 Å². The minimum atomic E-state index is -0.535. The quantitative estimate of drug-likeness (QED) is 0.410. The zero-order valence-corrected chi connectivity index (χ0v) is 22.7. The van der Waals surface area contributed by atoms with Crippen molar-refractivity contribution in [1.29, 1.82) is 0 Å². The molecule has 0 radical (unpaired) electrons. The van der Waals surface area contributed by atoms with Crippen LogP contribution in [0, 0.1) is 19.8 Å². The molecule has 3 aromatic carbocycles. The predicted octanol–water partition coefficient (Wildman–Crippen LogP) is 5.00. The lowest BCUT2D eigenvalue weighted by atomic mass is 9.82. The third-order valence-electron chi connectivity index (χ3n) is 7.66. The topological polar surface area (TPSA) is 86.3 Å². The number of methoxy groups -OCH3 is 1. The molecule has 0 unspecified atom stereocenters. The minimum Gasteiger partial charge on any atom is -0.497 e. The Morgan fingerprint density at radius 2 is 1.74 bits per heavy atom. The first kappa shape index (κ1) is 26.6. The highest BCUT2D eigenvalue weighted by Gasteiger charge is 2.48. The van der Waals surface area contributed by atoms with E-state index >= 15 is 0 Å². The molecule has 39 heavy (non-hydrogen) atoms. The maximum absolute atomic E-state index is 13.5. The standard InChI is InChI=1S/C31H34N2O6/c1-5-37-31(35)29-24(22-11-14-26-27(15-22)39-18-38-26)16-33(30(29)21-9-12-23(36-4)13-10-21)17-28(34)32-25-8-6-7-19(2)20(25)3/h6-15,24,29-30H,5,16-18H2,1-4H3,(H,32,34)/t24-,29-,30+/m1/s1. The van der Waals surface area contributed by atoms with Gasteiger partial charge in [-0.3, -0.25) is 14.5 Å². The van der Waals surface area contributed by atoms with Crippen molar-refractivity contribution in [3.8, 4) is 17.2 Å². The van der Waals surface area contributed by atoms with Gasteiger partial charge in [-0.05, 0) is 73.4 Å². The number of fused-ring (bicyclic) bond motifs is 1. The van der Waals surface area contributed by atoms with E-state index in [0.717, 1.165) is 33.7 Å². The highest BCUT2D eigenvalue weighted by atomic mass is 16.7. The molecule has 204 valence electrons. The lowest BCUT2D eigenvalue weighted by Crippen LogP contribution is -2.35. The lowest BCUT2D eigenvalue weighted by Gasteiger charge is -2.28. The molecule has 8 nitrogen and oxygen atoms in total. The van der Waals surface area contributed by atoms with E-state index in [9.17, 15) is 9.59 Å². The summed E-state index contributed by atoms with van der Waals surface area (Å²) in [6.45, 7) is 6.86. The zero-order chi connectivity index (χ0) is 27.5. The van der Waals surface area contributed by atoms with Gasteiger partial charge in [0, 0.05) is 24.2 Å². The molecule has 2 heterocycles. The number of hydrogen-bond acceptors (Lipinski definition) is 7. The summed E-state index contributed by atoms with van der Waals surface area (Å²) >= 11 is 0. The normalized spacial score (nSPS) is 20.1. The second-order valence-corrected chi connectivity index (χ2v) is 9.94. The van der Waals surface area contributed by atoms with Crippen LogP contribution in [-0.4, -0.2) is 50.4 Å². The fourth-order valence-electron chi connectivity index (χ4n) is 5.56. The number of anilines is 1. The number of rotatable bonds is 8. The summed E-state index contributed by atoms with van der Waals surface area (Å²) in [6.07, 6.45) is 0. The Kier molecular flexibility index (Phi) is 7.74. The van der Waals surface area contributed by atoms with Gasteiger partial charge >= 0.3 is 5.97 Å². The van der Waals surface area contributed by atoms with Crippen LogP contribution in [0.15, 0.2) is 60.7 Å². The first-order valence-corrected chi connectivity index (χ1v) is 13.2. The number of nitrogens with zero attached hydrogens (tertiary/aromatic N) is 1. The first-order chi connectivity index (χ1) is 18.9. The molecule has 0 aliphatic carbocycles. The highest BCUT2D eigenvalue weighted by Crippen LogP contribution is 2.48. The summed E-state index contributed by atoms with van der Waals surface area (Å²) < 4.78 is 22.1. The van der Waals surface area contributed by atoms with Crippen molar-refractivity contribution in [1.82, 2.24) is 4.90 Å². The third kappa shape index (κ3) is 5.43. The van der Waals surface area contributed by atoms with Crippen molar-refractivity contribution < 1.29 is 28.5 Å². The van der Waals surface area contributed by atoms with Gasteiger partial charge in [-0.1, -0.05) is 30.3 Å². The molecule has 3 atom stereocenters. The Morgan fingerprint density at radius 1 is 1.00 bits per heavy atom. The largest absolute Gasteiger partial charge is 0.497 e. The second kappa shape index (κ2) is 11.4. The monoisotopic (exact) mass is 530 g/mol. The van der Waals surface area contributed by atoms with E-state index in [-0.39, 0.29) is 43.8 Å². The summed E-state index contributed by atoms with van der Waals surface area (Å²) in [4.78, 5) is 29.0. The van der Waals surface area contributed by atoms with Crippen LogP contribution in [0.3, 0.4) is 0 Å². The van der Waals surface area contributed by atoms with Gasteiger partial charge < -0.3 is 24.3 Å². The predicted molar refractivity (Wildman–Crippen MR) is 147 cm³/mol. The average molecular weight is 531 g/mol. The molecular formula is C31H34N2O6. The number of likely N-dealkylation sites (tertiary alicyclic amines) is 1. The Bertz CT molecular complexity index is 1360. The van der Waals surface area contributed by atoms with E-state index in [1.54, 1.807) is 14.0 Å². The maximum Gasteiger partial charge on any atom is 0.311 e. The van der Waals surface area contributed by atoms with Crippen LogP contribution < -0.4 is 19.5 Å². The van der Waals surface area contributed by atoms with E-state index in [1.807, 2.05) is 74.5 Å². The van der Waals surface area contributed by atoms with Crippen LogP contribution in [-0.2, 0) is 14.3 Å². The molecule has 5 rings (SSSR count). The first-order valence-electron chi connectivity index (χ1n) is 13.2. The Morgan fingerprint density at radius 3 is 2.49 bits per heavy atom. The molecule has 0 saturated carbocycles. The van der Waals surface area contributed by atoms with Gasteiger partial charge in [0.15, 0.2) is 11.5 Å². The maximum atomic E-state index is 13.5. The van der Waals surface area contributed by atoms with Crippen molar-refractivity contribution in [3.05, 3.63) is 82.9 Å². The lowest BCUT2D eigenvalue weighted by molar-refractivity contribution is -0.149. The second-order valence-electron chi connectivity index (χ2n) is 9.94. The van der Waals surface area contributed by atoms with Crippen LogP contribution in [0.4, 0.5) is 5.69 Å². The van der Waals surface area contributed by atoms with Gasteiger partial charge in [-0.15, -0.1) is 0 Å². The summed E-state index contributed by atoms with van der Waals surface area (Å²) in [5, 5.41) is 3.07. The summed E-state index contributed by atoms with van der Waals surface area (Å²) in [5.41, 5.74) is 4.77.